The van der Waals surface area contributed by atoms with E-state index in [1.54, 1.807) is 0 Å². The van der Waals surface area contributed by atoms with Crippen molar-refractivity contribution in [1.29, 1.82) is 0 Å². The minimum Gasteiger partial charge on any atom is -0.469 e. The van der Waals surface area contributed by atoms with Crippen LogP contribution in [-0.4, -0.2) is 39.4 Å². The molecule has 0 aliphatic rings. The van der Waals surface area contributed by atoms with Gasteiger partial charge in [0.15, 0.2) is 0 Å². The van der Waals surface area contributed by atoms with Crippen LogP contribution >= 0.6 is 0 Å². The molecule has 0 radical (unpaired) electrons. The third-order valence-electron chi connectivity index (χ3n) is 1.57. The molecule has 0 spiro atoms. The zero-order valence-electron chi connectivity index (χ0n) is 8.47. The van der Waals surface area contributed by atoms with Gasteiger partial charge in [0.05, 0.1) is 13.7 Å². The summed E-state index contributed by atoms with van der Waals surface area (Å²) >= 11 is 0. The van der Waals surface area contributed by atoms with Crippen LogP contribution in [-0.2, 0) is 14.3 Å². The van der Waals surface area contributed by atoms with Gasteiger partial charge in [-0.25, -0.2) is 0 Å². The number of methoxy groups -OCH3 is 1. The highest BCUT2D eigenvalue weighted by atomic mass is 16.5. The first-order valence-corrected chi connectivity index (χ1v) is 4.66. The average Bonchev–Trinajstić information content (AvgIpc) is 2.16. The lowest BCUT2D eigenvalue weighted by Gasteiger charge is -2.03. The van der Waals surface area contributed by atoms with E-state index in [0.29, 0.717) is 19.6 Å². The van der Waals surface area contributed by atoms with E-state index in [4.69, 9.17) is 4.74 Å². The van der Waals surface area contributed by atoms with E-state index in [9.17, 15) is 4.79 Å². The molecule has 0 bridgehead atoms. The summed E-state index contributed by atoms with van der Waals surface area (Å²) in [6.07, 6.45) is 1.18. The molecule has 0 fully saturated rings. The molecule has 0 amide bonds. The van der Waals surface area contributed by atoms with Gasteiger partial charge in [-0.1, -0.05) is 6.92 Å². The van der Waals surface area contributed by atoms with Crippen LogP contribution in [0.25, 0.3) is 0 Å². The highest BCUT2D eigenvalue weighted by molar-refractivity contribution is 5.68. The minimum absolute atomic E-state index is 0.171. The summed E-state index contributed by atoms with van der Waals surface area (Å²) in [6.45, 7) is 5.22. The number of carbonyl (C=O) groups is 1. The number of hydrogen-bond donors (Lipinski definition) is 1. The summed E-state index contributed by atoms with van der Waals surface area (Å²) in [6, 6.07) is 0. The lowest BCUT2D eigenvalue weighted by atomic mass is 10.3. The van der Waals surface area contributed by atoms with Crippen molar-refractivity contribution in [2.24, 2.45) is 0 Å². The van der Waals surface area contributed by atoms with Crippen LogP contribution in [0.2, 0.25) is 0 Å². The largest absolute Gasteiger partial charge is 0.469 e. The summed E-state index contributed by atoms with van der Waals surface area (Å²) in [5.74, 6) is -0.171. The number of nitrogens with one attached hydrogen (secondary N) is 1. The summed E-state index contributed by atoms with van der Waals surface area (Å²) < 4.78 is 9.75. The molecule has 0 atom stereocenters. The van der Waals surface area contributed by atoms with E-state index in [0.717, 1.165) is 19.5 Å². The first-order valence-electron chi connectivity index (χ1n) is 4.66. The van der Waals surface area contributed by atoms with Crippen molar-refractivity contribution in [3.8, 4) is 0 Å². The summed E-state index contributed by atoms with van der Waals surface area (Å²) in [5, 5.41) is 3.14. The molecule has 4 nitrogen and oxygen atoms in total. The standard InChI is InChI=1S/C9H19NO3/c1-3-10-6-8-13-7-4-5-9(11)12-2/h10H,3-8H2,1-2H3. The van der Waals surface area contributed by atoms with E-state index in [2.05, 4.69) is 17.0 Å². The van der Waals surface area contributed by atoms with Gasteiger partial charge in [0.25, 0.3) is 0 Å². The van der Waals surface area contributed by atoms with Crippen molar-refractivity contribution in [1.82, 2.24) is 5.32 Å². The van der Waals surface area contributed by atoms with Gasteiger partial charge in [-0.05, 0) is 13.0 Å². The second kappa shape index (κ2) is 9.48. The average molecular weight is 189 g/mol. The van der Waals surface area contributed by atoms with Crippen LogP contribution in [0.5, 0.6) is 0 Å². The maximum absolute atomic E-state index is 10.7. The first kappa shape index (κ1) is 12.4. The predicted molar refractivity (Wildman–Crippen MR) is 50.6 cm³/mol. The minimum atomic E-state index is -0.171. The normalized spacial score (nSPS) is 10.0. The Morgan fingerprint density at radius 3 is 2.77 bits per heavy atom. The molecule has 0 saturated heterocycles. The van der Waals surface area contributed by atoms with Crippen molar-refractivity contribution in [2.45, 2.75) is 19.8 Å². The molecule has 0 heterocycles. The van der Waals surface area contributed by atoms with Gasteiger partial charge in [-0.15, -0.1) is 0 Å². The van der Waals surface area contributed by atoms with Crippen LogP contribution in [0.3, 0.4) is 0 Å². The smallest absolute Gasteiger partial charge is 0.305 e. The summed E-state index contributed by atoms with van der Waals surface area (Å²) in [4.78, 5) is 10.7. The number of esters is 1. The molecule has 0 aliphatic carbocycles. The third kappa shape index (κ3) is 9.30. The molecule has 0 aromatic rings. The van der Waals surface area contributed by atoms with Crippen molar-refractivity contribution in [3.05, 3.63) is 0 Å². The molecule has 0 unspecified atom stereocenters. The highest BCUT2D eigenvalue weighted by Gasteiger charge is 1.98. The van der Waals surface area contributed by atoms with Crippen LogP contribution in [0.15, 0.2) is 0 Å². The molecule has 0 saturated carbocycles. The van der Waals surface area contributed by atoms with E-state index < -0.39 is 0 Å². The van der Waals surface area contributed by atoms with E-state index in [-0.39, 0.29) is 5.97 Å². The Bertz CT molecular complexity index is 128. The van der Waals surface area contributed by atoms with Crippen molar-refractivity contribution in [2.75, 3.05) is 33.4 Å². The van der Waals surface area contributed by atoms with Crippen molar-refractivity contribution >= 4 is 5.97 Å². The van der Waals surface area contributed by atoms with E-state index in [1.165, 1.54) is 7.11 Å². The first-order chi connectivity index (χ1) is 6.31. The number of rotatable bonds is 8. The Hall–Kier alpha value is -0.610. The maximum atomic E-state index is 10.7. The lowest BCUT2D eigenvalue weighted by Crippen LogP contribution is -2.19. The fourth-order valence-electron chi connectivity index (χ4n) is 0.844. The molecule has 1 N–H and O–H groups in total. The Labute approximate surface area is 79.6 Å². The van der Waals surface area contributed by atoms with Crippen LogP contribution in [0, 0.1) is 0 Å². The molecule has 13 heavy (non-hydrogen) atoms. The van der Waals surface area contributed by atoms with Gasteiger partial charge in [0.2, 0.25) is 0 Å². The van der Waals surface area contributed by atoms with Crippen molar-refractivity contribution < 1.29 is 14.3 Å². The monoisotopic (exact) mass is 189 g/mol. The number of ether oxygens (including phenoxy) is 2. The lowest BCUT2D eigenvalue weighted by molar-refractivity contribution is -0.141. The molecule has 0 aromatic carbocycles. The number of likely N-dealkylation sites (N-methyl/N-ethyl adjacent to an activating group) is 1. The SMILES string of the molecule is CCNCCOCCCC(=O)OC. The number of hydrogen-bond acceptors (Lipinski definition) is 4. The van der Waals surface area contributed by atoms with Gasteiger partial charge in [0, 0.05) is 19.6 Å². The molecule has 0 rings (SSSR count). The van der Waals surface area contributed by atoms with Gasteiger partial charge in [-0.2, -0.15) is 0 Å². The fraction of sp³-hybridized carbons (Fsp3) is 0.889. The van der Waals surface area contributed by atoms with E-state index >= 15 is 0 Å². The second-order valence-corrected chi connectivity index (χ2v) is 2.65. The Balaban J connectivity index is 2.95. The third-order valence-corrected chi connectivity index (χ3v) is 1.57. The summed E-state index contributed by atoms with van der Waals surface area (Å²) in [7, 11) is 1.40. The second-order valence-electron chi connectivity index (χ2n) is 2.65. The Morgan fingerprint density at radius 1 is 1.38 bits per heavy atom. The topological polar surface area (TPSA) is 47.6 Å². The molecule has 0 aromatic heterocycles. The van der Waals surface area contributed by atoms with Gasteiger partial charge in [0.1, 0.15) is 0 Å². The summed E-state index contributed by atoms with van der Waals surface area (Å²) in [5.41, 5.74) is 0. The Kier molecular flexibility index (Phi) is 9.03. The maximum Gasteiger partial charge on any atom is 0.305 e. The predicted octanol–water partition coefficient (Wildman–Crippen LogP) is 0.566. The molecule has 4 heteroatoms. The molecule has 78 valence electrons. The van der Waals surface area contributed by atoms with Crippen LogP contribution < -0.4 is 5.32 Å². The van der Waals surface area contributed by atoms with Crippen LogP contribution in [0.1, 0.15) is 19.8 Å². The molecule has 0 aliphatic heterocycles. The van der Waals surface area contributed by atoms with Crippen molar-refractivity contribution in [3.63, 3.8) is 0 Å². The van der Waals surface area contributed by atoms with E-state index in [1.807, 2.05) is 0 Å². The van der Waals surface area contributed by atoms with Gasteiger partial charge in [-0.3, -0.25) is 4.79 Å². The Morgan fingerprint density at radius 2 is 2.15 bits per heavy atom. The van der Waals surface area contributed by atoms with Gasteiger partial charge >= 0.3 is 5.97 Å². The van der Waals surface area contributed by atoms with Gasteiger partial charge < -0.3 is 14.8 Å². The zero-order valence-corrected chi connectivity index (χ0v) is 8.47. The van der Waals surface area contributed by atoms with Crippen LogP contribution in [0.4, 0.5) is 0 Å². The number of carbonyl (C=O) groups excluding carboxylic acids is 1. The molecular weight excluding hydrogens is 170 g/mol. The quantitative estimate of drug-likeness (QED) is 0.448. The fourth-order valence-corrected chi connectivity index (χ4v) is 0.844. The molecular formula is C9H19NO3. The zero-order chi connectivity index (χ0) is 9.94. The highest BCUT2D eigenvalue weighted by Crippen LogP contribution is 1.91.